The highest BCUT2D eigenvalue weighted by atomic mass is 16.5. The van der Waals surface area contributed by atoms with Crippen molar-refractivity contribution < 1.29 is 14.6 Å². The second kappa shape index (κ2) is 8.82. The number of nitrogens with one attached hydrogen (secondary N) is 2. The van der Waals surface area contributed by atoms with Gasteiger partial charge in [-0.15, -0.1) is 0 Å². The Morgan fingerprint density at radius 2 is 2.31 bits per heavy atom. The summed E-state index contributed by atoms with van der Waals surface area (Å²) in [5, 5.41) is 19.8. The van der Waals surface area contributed by atoms with Crippen LogP contribution in [0.3, 0.4) is 0 Å². The zero-order valence-corrected chi connectivity index (χ0v) is 15.1. The van der Waals surface area contributed by atoms with Gasteiger partial charge in [-0.2, -0.15) is 5.10 Å². The smallest absolute Gasteiger partial charge is 0.269 e. The molecule has 1 aromatic heterocycles. The van der Waals surface area contributed by atoms with E-state index in [1.807, 2.05) is 6.07 Å². The number of hydrogen-bond donors (Lipinski definition) is 3. The lowest BCUT2D eigenvalue weighted by Gasteiger charge is -2.15. The molecule has 1 aliphatic rings. The number of methoxy groups -OCH3 is 1. The lowest BCUT2D eigenvalue weighted by Crippen LogP contribution is -2.31. The average molecular weight is 358 g/mol. The molecule has 7 nitrogen and oxygen atoms in total. The van der Waals surface area contributed by atoms with E-state index in [0.717, 1.165) is 39.1 Å². The first-order valence-corrected chi connectivity index (χ1v) is 9.00. The van der Waals surface area contributed by atoms with Crippen LogP contribution in [0.1, 0.15) is 23.3 Å². The molecule has 7 heteroatoms. The number of aromatic nitrogens is 2. The summed E-state index contributed by atoms with van der Waals surface area (Å²) in [7, 11) is 1.72. The quantitative estimate of drug-likeness (QED) is 0.627. The van der Waals surface area contributed by atoms with Gasteiger partial charge in [-0.25, -0.2) is 0 Å². The van der Waals surface area contributed by atoms with Crippen molar-refractivity contribution in [3.05, 3.63) is 36.0 Å². The summed E-state index contributed by atoms with van der Waals surface area (Å²) in [5.74, 6) is 0.449. The van der Waals surface area contributed by atoms with Crippen LogP contribution in [-0.4, -0.2) is 66.0 Å². The number of amides is 1. The topological polar surface area (TPSA) is 90.5 Å². The Morgan fingerprint density at radius 3 is 3.12 bits per heavy atom. The van der Waals surface area contributed by atoms with Crippen molar-refractivity contribution in [3.8, 4) is 17.0 Å². The number of hydrogen-bond acceptors (Lipinski definition) is 5. The predicted octanol–water partition coefficient (Wildman–Crippen LogP) is 1.87. The molecule has 0 saturated carbocycles. The fraction of sp³-hybridized carbons (Fsp3) is 0.474. The first kappa shape index (κ1) is 18.4. The molecule has 2 aromatic rings. The standard InChI is InChI=1S/C19H26N4O3/c1-26-10-4-8-23-9-7-14(13-23)12-20-19(25)17-11-16(21-22-17)15-5-2-3-6-18(15)24/h2-3,5-6,11,14,24H,4,7-10,12-13H2,1H3,(H,20,25)(H,21,22). The van der Waals surface area contributed by atoms with Gasteiger partial charge in [0.15, 0.2) is 0 Å². The number of ether oxygens (including phenoxy) is 1. The number of carbonyl (C=O) groups excluding carboxylic acids is 1. The van der Waals surface area contributed by atoms with Gasteiger partial charge in [0.2, 0.25) is 0 Å². The third-order valence-electron chi connectivity index (χ3n) is 4.75. The maximum Gasteiger partial charge on any atom is 0.269 e. The van der Waals surface area contributed by atoms with E-state index in [-0.39, 0.29) is 11.7 Å². The maximum absolute atomic E-state index is 12.3. The van der Waals surface area contributed by atoms with E-state index >= 15 is 0 Å². The summed E-state index contributed by atoms with van der Waals surface area (Å²) in [6, 6.07) is 8.60. The third-order valence-corrected chi connectivity index (χ3v) is 4.75. The molecule has 3 rings (SSSR count). The number of benzene rings is 1. The Morgan fingerprint density at radius 1 is 1.46 bits per heavy atom. The second-order valence-corrected chi connectivity index (χ2v) is 6.70. The number of rotatable bonds is 8. The molecule has 1 unspecified atom stereocenters. The van der Waals surface area contributed by atoms with Crippen LogP contribution >= 0.6 is 0 Å². The van der Waals surface area contributed by atoms with Gasteiger partial charge in [0, 0.05) is 38.9 Å². The predicted molar refractivity (Wildman–Crippen MR) is 99.1 cm³/mol. The van der Waals surface area contributed by atoms with Gasteiger partial charge in [0.1, 0.15) is 11.4 Å². The van der Waals surface area contributed by atoms with Crippen molar-refractivity contribution in [1.82, 2.24) is 20.4 Å². The molecule has 0 radical (unpaired) electrons. The normalized spacial score (nSPS) is 17.5. The van der Waals surface area contributed by atoms with E-state index in [4.69, 9.17) is 4.74 Å². The molecule has 140 valence electrons. The summed E-state index contributed by atoms with van der Waals surface area (Å²) in [5.41, 5.74) is 1.56. The Hall–Kier alpha value is -2.38. The maximum atomic E-state index is 12.3. The molecule has 1 amide bonds. The Kier molecular flexibility index (Phi) is 6.25. The molecule has 26 heavy (non-hydrogen) atoms. The van der Waals surface area contributed by atoms with Gasteiger partial charge < -0.3 is 20.1 Å². The number of aromatic hydroxyl groups is 1. The first-order valence-electron chi connectivity index (χ1n) is 9.00. The molecule has 1 aliphatic heterocycles. The first-order chi connectivity index (χ1) is 12.7. The average Bonchev–Trinajstić information content (AvgIpc) is 3.30. The fourth-order valence-electron chi connectivity index (χ4n) is 3.31. The van der Waals surface area contributed by atoms with Gasteiger partial charge in [0.25, 0.3) is 5.91 Å². The number of H-pyrrole nitrogens is 1. The van der Waals surface area contributed by atoms with Crippen molar-refractivity contribution in [2.24, 2.45) is 5.92 Å². The third kappa shape index (κ3) is 4.62. The molecule has 2 heterocycles. The van der Waals surface area contributed by atoms with E-state index < -0.39 is 0 Å². The zero-order chi connectivity index (χ0) is 18.4. The fourth-order valence-corrected chi connectivity index (χ4v) is 3.31. The minimum Gasteiger partial charge on any atom is -0.507 e. The summed E-state index contributed by atoms with van der Waals surface area (Å²) in [6.45, 7) is 4.58. The summed E-state index contributed by atoms with van der Waals surface area (Å²) >= 11 is 0. The van der Waals surface area contributed by atoms with Crippen molar-refractivity contribution in [2.45, 2.75) is 12.8 Å². The van der Waals surface area contributed by atoms with E-state index in [9.17, 15) is 9.90 Å². The lowest BCUT2D eigenvalue weighted by molar-refractivity contribution is 0.0942. The van der Waals surface area contributed by atoms with Gasteiger partial charge in [-0.3, -0.25) is 9.89 Å². The molecule has 1 fully saturated rings. The van der Waals surface area contributed by atoms with Crippen LogP contribution in [0.2, 0.25) is 0 Å². The van der Waals surface area contributed by atoms with Crippen molar-refractivity contribution in [3.63, 3.8) is 0 Å². The monoisotopic (exact) mass is 358 g/mol. The zero-order valence-electron chi connectivity index (χ0n) is 15.1. The van der Waals surface area contributed by atoms with E-state index in [2.05, 4.69) is 20.4 Å². The summed E-state index contributed by atoms with van der Waals surface area (Å²) in [4.78, 5) is 14.8. The molecular weight excluding hydrogens is 332 g/mol. The number of likely N-dealkylation sites (tertiary alicyclic amines) is 1. The van der Waals surface area contributed by atoms with Crippen LogP contribution in [0.4, 0.5) is 0 Å². The van der Waals surface area contributed by atoms with Gasteiger partial charge in [-0.1, -0.05) is 12.1 Å². The molecule has 1 aromatic carbocycles. The SMILES string of the molecule is COCCCN1CCC(CNC(=O)c2cc(-c3ccccc3O)n[nH]2)C1. The number of para-hydroxylation sites is 1. The van der Waals surface area contributed by atoms with Crippen LogP contribution in [0.15, 0.2) is 30.3 Å². The van der Waals surface area contributed by atoms with Crippen molar-refractivity contribution >= 4 is 5.91 Å². The molecular formula is C19H26N4O3. The summed E-state index contributed by atoms with van der Waals surface area (Å²) in [6.07, 6.45) is 2.14. The minimum absolute atomic E-state index is 0.144. The number of phenolic OH excluding ortho intramolecular Hbond substituents is 1. The Bertz CT molecular complexity index is 731. The number of nitrogens with zero attached hydrogens (tertiary/aromatic N) is 2. The highest BCUT2D eigenvalue weighted by molar-refractivity contribution is 5.93. The van der Waals surface area contributed by atoms with Gasteiger partial charge in [-0.05, 0) is 43.5 Å². The number of carbonyl (C=O) groups is 1. The second-order valence-electron chi connectivity index (χ2n) is 6.70. The molecule has 1 saturated heterocycles. The highest BCUT2D eigenvalue weighted by Crippen LogP contribution is 2.27. The van der Waals surface area contributed by atoms with Crippen LogP contribution in [0.5, 0.6) is 5.75 Å². The Labute approximate surface area is 153 Å². The largest absolute Gasteiger partial charge is 0.507 e. The van der Waals surface area contributed by atoms with E-state index in [1.54, 1.807) is 31.4 Å². The lowest BCUT2D eigenvalue weighted by atomic mass is 10.1. The van der Waals surface area contributed by atoms with Crippen LogP contribution < -0.4 is 5.32 Å². The van der Waals surface area contributed by atoms with E-state index in [1.165, 1.54) is 0 Å². The van der Waals surface area contributed by atoms with Crippen LogP contribution in [0, 0.1) is 5.92 Å². The van der Waals surface area contributed by atoms with Gasteiger partial charge in [0.05, 0.1) is 5.69 Å². The molecule has 1 atom stereocenters. The summed E-state index contributed by atoms with van der Waals surface area (Å²) < 4.78 is 5.09. The van der Waals surface area contributed by atoms with Crippen LogP contribution in [-0.2, 0) is 4.74 Å². The minimum atomic E-state index is -0.169. The van der Waals surface area contributed by atoms with Crippen molar-refractivity contribution in [1.29, 1.82) is 0 Å². The molecule has 0 spiro atoms. The number of phenols is 1. The molecule has 0 aliphatic carbocycles. The van der Waals surface area contributed by atoms with Gasteiger partial charge >= 0.3 is 0 Å². The van der Waals surface area contributed by atoms with Crippen molar-refractivity contribution in [2.75, 3.05) is 39.9 Å². The molecule has 3 N–H and O–H groups in total. The number of aromatic amines is 1. The molecule has 0 bridgehead atoms. The van der Waals surface area contributed by atoms with E-state index in [0.29, 0.717) is 29.4 Å². The Balaban J connectivity index is 1.48. The van der Waals surface area contributed by atoms with Crippen LogP contribution in [0.25, 0.3) is 11.3 Å². The highest BCUT2D eigenvalue weighted by Gasteiger charge is 2.23.